The zero-order valence-electron chi connectivity index (χ0n) is 18.5. The molecule has 4 rings (SSSR count). The Morgan fingerprint density at radius 3 is 2.38 bits per heavy atom. The summed E-state index contributed by atoms with van der Waals surface area (Å²) < 4.78 is 27.3. The molecule has 0 aliphatic carbocycles. The lowest BCUT2D eigenvalue weighted by Gasteiger charge is -2.33. The quantitative estimate of drug-likeness (QED) is 0.571. The molecule has 1 amide bonds. The van der Waals surface area contributed by atoms with Gasteiger partial charge < -0.3 is 4.90 Å². The van der Waals surface area contributed by atoms with Crippen LogP contribution in [0.25, 0.3) is 11.1 Å². The normalized spacial score (nSPS) is 15.1. The van der Waals surface area contributed by atoms with Crippen molar-refractivity contribution in [2.45, 2.75) is 44.9 Å². The average Bonchev–Trinajstić information content (AvgIpc) is 2.78. The third-order valence-corrected chi connectivity index (χ3v) is 5.81. The first kappa shape index (κ1) is 22.0. The first-order valence-corrected chi connectivity index (χ1v) is 10.8. The van der Waals surface area contributed by atoms with Gasteiger partial charge in [0.2, 0.25) is 0 Å². The molecule has 1 fully saturated rings. The van der Waals surface area contributed by atoms with E-state index in [9.17, 15) is 13.6 Å². The van der Waals surface area contributed by atoms with E-state index >= 15 is 0 Å². The largest absolute Gasteiger partial charge is 0.339 e. The van der Waals surface area contributed by atoms with Gasteiger partial charge in [0.15, 0.2) is 0 Å². The van der Waals surface area contributed by atoms with Crippen molar-refractivity contribution >= 4 is 5.91 Å². The molecule has 0 bridgehead atoms. The van der Waals surface area contributed by atoms with Crippen LogP contribution in [0, 0.1) is 11.6 Å². The Morgan fingerprint density at radius 2 is 1.75 bits per heavy atom. The number of benzene rings is 1. The second-order valence-electron chi connectivity index (χ2n) is 9.17. The van der Waals surface area contributed by atoms with Gasteiger partial charge in [-0.25, -0.2) is 18.7 Å². The Bertz CT molecular complexity index is 1120. The number of piperidine rings is 1. The van der Waals surface area contributed by atoms with Gasteiger partial charge in [-0.05, 0) is 42.7 Å². The minimum absolute atomic E-state index is 0.0978. The van der Waals surface area contributed by atoms with E-state index in [0.717, 1.165) is 34.8 Å². The summed E-state index contributed by atoms with van der Waals surface area (Å²) in [5.41, 5.74) is 2.65. The highest BCUT2D eigenvalue weighted by Gasteiger charge is 2.30. The van der Waals surface area contributed by atoms with Crippen molar-refractivity contribution in [1.82, 2.24) is 19.9 Å². The maximum absolute atomic E-state index is 14.1. The van der Waals surface area contributed by atoms with Crippen molar-refractivity contribution in [3.63, 3.8) is 0 Å². The van der Waals surface area contributed by atoms with Crippen LogP contribution in [0.5, 0.6) is 0 Å². The van der Waals surface area contributed by atoms with Gasteiger partial charge in [-0.15, -0.1) is 0 Å². The van der Waals surface area contributed by atoms with Crippen LogP contribution in [0.1, 0.15) is 61.4 Å². The van der Waals surface area contributed by atoms with Crippen LogP contribution in [0.2, 0.25) is 0 Å². The molecular weight excluding hydrogens is 410 g/mol. The van der Waals surface area contributed by atoms with E-state index in [1.165, 1.54) is 6.07 Å². The number of amides is 1. The summed E-state index contributed by atoms with van der Waals surface area (Å²) in [4.78, 5) is 28.1. The number of carbonyl (C=O) groups is 1. The van der Waals surface area contributed by atoms with E-state index in [2.05, 4.69) is 30.7 Å². The molecule has 1 aromatic carbocycles. The van der Waals surface area contributed by atoms with Crippen molar-refractivity contribution in [2.75, 3.05) is 13.1 Å². The topological polar surface area (TPSA) is 59.0 Å². The van der Waals surface area contributed by atoms with E-state index < -0.39 is 17.5 Å². The van der Waals surface area contributed by atoms with Gasteiger partial charge in [-0.1, -0.05) is 20.8 Å². The molecule has 0 N–H and O–H groups in total. The Hall–Kier alpha value is -3.22. The fraction of sp³-hybridized carbons (Fsp3) is 0.360. The molecule has 5 nitrogen and oxygen atoms in total. The molecule has 0 radical (unpaired) electrons. The zero-order valence-corrected chi connectivity index (χ0v) is 18.5. The standard InChI is InChI=1S/C25H26F2N4O/c1-25(2,3)24-29-15-20(16-6-10-28-11-7-16)22(30-24)17-8-12-31(13-9-17)23(32)19-5-4-18(26)14-21(19)27/h4-7,10-11,14-15,17H,8-9,12-13H2,1-3H3. The molecule has 1 aliphatic rings. The molecule has 0 saturated carbocycles. The number of carbonyl (C=O) groups excluding carboxylic acids is 1. The number of pyridine rings is 1. The smallest absolute Gasteiger partial charge is 0.256 e. The fourth-order valence-corrected chi connectivity index (χ4v) is 4.01. The second-order valence-corrected chi connectivity index (χ2v) is 9.17. The van der Waals surface area contributed by atoms with E-state index in [1.54, 1.807) is 17.3 Å². The maximum Gasteiger partial charge on any atom is 0.256 e. The van der Waals surface area contributed by atoms with Crippen molar-refractivity contribution in [2.24, 2.45) is 0 Å². The van der Waals surface area contributed by atoms with E-state index in [0.29, 0.717) is 25.9 Å². The highest BCUT2D eigenvalue weighted by molar-refractivity contribution is 5.94. The Morgan fingerprint density at radius 1 is 1.06 bits per heavy atom. The summed E-state index contributed by atoms with van der Waals surface area (Å²) in [5.74, 6) is -1.02. The van der Waals surface area contributed by atoms with Gasteiger partial charge in [0.1, 0.15) is 17.5 Å². The Balaban J connectivity index is 1.59. The van der Waals surface area contributed by atoms with Gasteiger partial charge >= 0.3 is 0 Å². The molecule has 1 aliphatic heterocycles. The van der Waals surface area contributed by atoms with Crippen molar-refractivity contribution in [1.29, 1.82) is 0 Å². The minimum atomic E-state index is -0.831. The second kappa shape index (κ2) is 8.73. The van der Waals surface area contributed by atoms with Crippen molar-refractivity contribution in [3.8, 4) is 11.1 Å². The van der Waals surface area contributed by atoms with Crippen molar-refractivity contribution in [3.05, 3.63) is 77.6 Å². The number of hydrogen-bond acceptors (Lipinski definition) is 4. The molecular formula is C25H26F2N4O. The average molecular weight is 437 g/mol. The summed E-state index contributed by atoms with van der Waals surface area (Å²) in [5, 5.41) is 0. The summed E-state index contributed by atoms with van der Waals surface area (Å²) in [6.45, 7) is 7.19. The van der Waals surface area contributed by atoms with E-state index in [4.69, 9.17) is 4.98 Å². The predicted molar refractivity (Wildman–Crippen MR) is 118 cm³/mol. The summed E-state index contributed by atoms with van der Waals surface area (Å²) in [7, 11) is 0. The van der Waals surface area contributed by atoms with Gasteiger partial charge in [-0.2, -0.15) is 0 Å². The first-order chi connectivity index (χ1) is 15.2. The Labute approximate surface area is 186 Å². The molecule has 0 spiro atoms. The number of halogens is 2. The summed E-state index contributed by atoms with van der Waals surface area (Å²) in [6.07, 6.45) is 6.77. The van der Waals surface area contributed by atoms with Crippen LogP contribution >= 0.6 is 0 Å². The Kier molecular flexibility index (Phi) is 6.00. The first-order valence-electron chi connectivity index (χ1n) is 10.8. The van der Waals surface area contributed by atoms with Gasteiger partial charge in [0.25, 0.3) is 5.91 Å². The molecule has 166 valence electrons. The molecule has 3 aromatic rings. The number of hydrogen-bond donors (Lipinski definition) is 0. The molecule has 3 heterocycles. The lowest BCUT2D eigenvalue weighted by atomic mass is 9.87. The van der Waals surface area contributed by atoms with Gasteiger partial charge in [0, 0.05) is 54.6 Å². The highest BCUT2D eigenvalue weighted by atomic mass is 19.1. The van der Waals surface area contributed by atoms with E-state index in [-0.39, 0.29) is 16.9 Å². The molecule has 2 aromatic heterocycles. The molecule has 0 unspecified atom stereocenters. The predicted octanol–water partition coefficient (Wildman–Crippen LogP) is 5.13. The minimum Gasteiger partial charge on any atom is -0.339 e. The monoisotopic (exact) mass is 436 g/mol. The SMILES string of the molecule is CC(C)(C)c1ncc(-c2ccncc2)c(C2CCN(C(=O)c3ccc(F)cc3F)CC2)n1. The lowest BCUT2D eigenvalue weighted by molar-refractivity contribution is 0.0707. The molecule has 1 saturated heterocycles. The lowest BCUT2D eigenvalue weighted by Crippen LogP contribution is -2.38. The molecule has 0 atom stereocenters. The number of aromatic nitrogens is 3. The maximum atomic E-state index is 14.1. The van der Waals surface area contributed by atoms with Gasteiger partial charge in [0.05, 0.1) is 11.3 Å². The summed E-state index contributed by atoms with van der Waals surface area (Å²) >= 11 is 0. The van der Waals surface area contributed by atoms with Crippen LogP contribution in [0.3, 0.4) is 0 Å². The van der Waals surface area contributed by atoms with Crippen LogP contribution in [0.15, 0.2) is 48.9 Å². The van der Waals surface area contributed by atoms with Gasteiger partial charge in [-0.3, -0.25) is 9.78 Å². The zero-order chi connectivity index (χ0) is 22.9. The third-order valence-electron chi connectivity index (χ3n) is 5.81. The van der Waals surface area contributed by atoms with Crippen LogP contribution in [-0.4, -0.2) is 38.8 Å². The number of nitrogens with zero attached hydrogens (tertiary/aromatic N) is 4. The van der Waals surface area contributed by atoms with Crippen LogP contribution in [0.4, 0.5) is 8.78 Å². The van der Waals surface area contributed by atoms with Crippen LogP contribution in [-0.2, 0) is 5.41 Å². The van der Waals surface area contributed by atoms with E-state index in [1.807, 2.05) is 18.3 Å². The summed E-state index contributed by atoms with van der Waals surface area (Å²) in [6, 6.07) is 6.94. The third kappa shape index (κ3) is 4.52. The van der Waals surface area contributed by atoms with Crippen LogP contribution < -0.4 is 0 Å². The fourth-order valence-electron chi connectivity index (χ4n) is 4.01. The highest BCUT2D eigenvalue weighted by Crippen LogP contribution is 2.35. The number of likely N-dealkylation sites (tertiary alicyclic amines) is 1. The molecule has 7 heteroatoms. The number of rotatable bonds is 3. The van der Waals surface area contributed by atoms with Crippen molar-refractivity contribution < 1.29 is 13.6 Å². The molecule has 32 heavy (non-hydrogen) atoms.